The highest BCUT2D eigenvalue weighted by Gasteiger charge is 2.21. The van der Waals surface area contributed by atoms with Crippen molar-refractivity contribution >= 4 is 23.2 Å². The summed E-state index contributed by atoms with van der Waals surface area (Å²) in [5.74, 6) is 1.51. The van der Waals surface area contributed by atoms with Crippen molar-refractivity contribution in [3.8, 4) is 18.1 Å². The van der Waals surface area contributed by atoms with Gasteiger partial charge in [-0.1, -0.05) is 0 Å². The largest absolute Gasteiger partial charge is 0.506 e. The summed E-state index contributed by atoms with van der Waals surface area (Å²) in [5.41, 5.74) is 6.36. The van der Waals surface area contributed by atoms with Crippen molar-refractivity contribution in [2.75, 3.05) is 30.7 Å². The fourth-order valence-corrected chi connectivity index (χ4v) is 2.46. The number of hydrogen-bond donors (Lipinski definition) is 4. The second-order valence-electron chi connectivity index (χ2n) is 5.42. The van der Waals surface area contributed by atoms with Crippen LogP contribution in [0.1, 0.15) is 12.8 Å². The van der Waals surface area contributed by atoms with Gasteiger partial charge in [0.05, 0.1) is 12.2 Å². The summed E-state index contributed by atoms with van der Waals surface area (Å²) in [4.78, 5) is 24.9. The third-order valence-electron chi connectivity index (χ3n) is 3.75. The van der Waals surface area contributed by atoms with Gasteiger partial charge < -0.3 is 26.4 Å². The van der Waals surface area contributed by atoms with E-state index >= 15 is 0 Å². The fraction of sp³-hybridized carbons (Fsp3) is 0.375. The molecular formula is C16H20N4O3. The quantitative estimate of drug-likeness (QED) is 0.273. The van der Waals surface area contributed by atoms with E-state index in [1.54, 1.807) is 11.0 Å². The maximum atomic E-state index is 11.9. The Labute approximate surface area is 134 Å². The SMILES string of the molecule is C#CC(=O)N1CCC(NCC(=O)Nc2cc(N)ccc2O)CC1. The van der Waals surface area contributed by atoms with Crippen molar-refractivity contribution < 1.29 is 14.7 Å². The highest BCUT2D eigenvalue weighted by molar-refractivity contribution is 5.94. The van der Waals surface area contributed by atoms with Crippen LogP contribution >= 0.6 is 0 Å². The predicted octanol–water partition coefficient (Wildman–Crippen LogP) is 0.127. The summed E-state index contributed by atoms with van der Waals surface area (Å²) in [5, 5.41) is 15.4. The second-order valence-corrected chi connectivity index (χ2v) is 5.42. The van der Waals surface area contributed by atoms with Gasteiger partial charge in [0.15, 0.2) is 0 Å². The molecule has 0 radical (unpaired) electrons. The number of benzene rings is 1. The normalized spacial score (nSPS) is 15.0. The van der Waals surface area contributed by atoms with Crippen LogP contribution in [-0.2, 0) is 9.59 Å². The molecule has 1 aliphatic rings. The zero-order chi connectivity index (χ0) is 16.8. The molecule has 0 saturated carbocycles. The lowest BCUT2D eigenvalue weighted by atomic mass is 10.1. The Balaban J connectivity index is 1.76. The Bertz CT molecular complexity index is 631. The molecule has 122 valence electrons. The van der Waals surface area contributed by atoms with Crippen molar-refractivity contribution in [3.05, 3.63) is 18.2 Å². The average Bonchev–Trinajstić information content (AvgIpc) is 2.56. The number of carbonyl (C=O) groups is 2. The number of nitrogens with one attached hydrogen (secondary N) is 2. The van der Waals surface area contributed by atoms with E-state index in [1.807, 2.05) is 0 Å². The molecule has 5 N–H and O–H groups in total. The second kappa shape index (κ2) is 7.51. The van der Waals surface area contributed by atoms with E-state index < -0.39 is 0 Å². The van der Waals surface area contributed by atoms with Crippen LogP contribution in [0.4, 0.5) is 11.4 Å². The lowest BCUT2D eigenvalue weighted by molar-refractivity contribution is -0.126. The van der Waals surface area contributed by atoms with E-state index in [0.29, 0.717) is 18.8 Å². The molecule has 1 saturated heterocycles. The van der Waals surface area contributed by atoms with Crippen LogP contribution in [0, 0.1) is 12.3 Å². The summed E-state index contributed by atoms with van der Waals surface area (Å²) < 4.78 is 0. The van der Waals surface area contributed by atoms with Crippen molar-refractivity contribution in [2.45, 2.75) is 18.9 Å². The molecule has 0 unspecified atom stereocenters. The molecule has 0 aliphatic carbocycles. The van der Waals surface area contributed by atoms with E-state index in [-0.39, 0.29) is 35.8 Å². The lowest BCUT2D eigenvalue weighted by Gasteiger charge is -2.31. The average molecular weight is 316 g/mol. The smallest absolute Gasteiger partial charge is 0.298 e. The molecule has 2 rings (SSSR count). The van der Waals surface area contributed by atoms with E-state index in [9.17, 15) is 14.7 Å². The summed E-state index contributed by atoms with van der Waals surface area (Å²) >= 11 is 0. The van der Waals surface area contributed by atoms with Crippen LogP contribution in [0.25, 0.3) is 0 Å². The summed E-state index contributed by atoms with van der Waals surface area (Å²) in [6.07, 6.45) is 6.57. The number of anilines is 2. The van der Waals surface area contributed by atoms with Crippen molar-refractivity contribution in [1.29, 1.82) is 0 Å². The van der Waals surface area contributed by atoms with Gasteiger partial charge in [0.1, 0.15) is 5.75 Å². The van der Waals surface area contributed by atoms with Crippen LogP contribution in [0.5, 0.6) is 5.75 Å². The van der Waals surface area contributed by atoms with Crippen LogP contribution in [0.15, 0.2) is 18.2 Å². The van der Waals surface area contributed by atoms with E-state index in [0.717, 1.165) is 12.8 Å². The molecule has 1 aromatic rings. The molecule has 0 spiro atoms. The lowest BCUT2D eigenvalue weighted by Crippen LogP contribution is -2.46. The highest BCUT2D eigenvalue weighted by atomic mass is 16.3. The number of phenols is 1. The number of aromatic hydroxyl groups is 1. The Kier molecular flexibility index (Phi) is 5.44. The Hall–Kier alpha value is -2.72. The molecule has 1 heterocycles. The molecule has 0 atom stereocenters. The first-order chi connectivity index (χ1) is 11.0. The maximum absolute atomic E-state index is 11.9. The summed E-state index contributed by atoms with van der Waals surface area (Å²) in [6, 6.07) is 4.62. The van der Waals surface area contributed by atoms with Gasteiger partial charge in [0.2, 0.25) is 5.91 Å². The molecule has 23 heavy (non-hydrogen) atoms. The molecule has 0 aromatic heterocycles. The van der Waals surface area contributed by atoms with Crippen LogP contribution < -0.4 is 16.4 Å². The number of phenolic OH excluding ortho intramolecular Hbond substituents is 1. The Morgan fingerprint density at radius 1 is 1.39 bits per heavy atom. The molecule has 7 nitrogen and oxygen atoms in total. The van der Waals surface area contributed by atoms with Crippen molar-refractivity contribution in [1.82, 2.24) is 10.2 Å². The van der Waals surface area contributed by atoms with Gasteiger partial charge in [0.25, 0.3) is 5.91 Å². The first kappa shape index (κ1) is 16.6. The number of nitrogen functional groups attached to an aromatic ring is 1. The topological polar surface area (TPSA) is 108 Å². The number of rotatable bonds is 4. The van der Waals surface area contributed by atoms with Gasteiger partial charge in [-0.2, -0.15) is 0 Å². The maximum Gasteiger partial charge on any atom is 0.298 e. The molecule has 2 amide bonds. The number of terminal acetylenes is 1. The molecule has 1 fully saturated rings. The van der Waals surface area contributed by atoms with Crippen LogP contribution in [0.3, 0.4) is 0 Å². The molecule has 7 heteroatoms. The first-order valence-corrected chi connectivity index (χ1v) is 7.37. The van der Waals surface area contributed by atoms with Gasteiger partial charge in [-0.15, -0.1) is 6.42 Å². The Morgan fingerprint density at radius 3 is 2.74 bits per heavy atom. The minimum absolute atomic E-state index is 0.0337. The van der Waals surface area contributed by atoms with Crippen LogP contribution in [0.2, 0.25) is 0 Å². The van der Waals surface area contributed by atoms with Gasteiger partial charge in [0, 0.05) is 24.8 Å². The van der Waals surface area contributed by atoms with Crippen molar-refractivity contribution in [2.24, 2.45) is 0 Å². The van der Waals surface area contributed by atoms with E-state index in [2.05, 4.69) is 16.6 Å². The minimum atomic E-state index is -0.293. The zero-order valence-electron chi connectivity index (χ0n) is 12.7. The Morgan fingerprint density at radius 2 is 2.09 bits per heavy atom. The van der Waals surface area contributed by atoms with Crippen molar-refractivity contribution in [3.63, 3.8) is 0 Å². The minimum Gasteiger partial charge on any atom is -0.506 e. The fourth-order valence-electron chi connectivity index (χ4n) is 2.46. The number of carbonyl (C=O) groups excluding carboxylic acids is 2. The number of nitrogens with two attached hydrogens (primary N) is 1. The van der Waals surface area contributed by atoms with Gasteiger partial charge in [-0.05, 0) is 37.0 Å². The van der Waals surface area contributed by atoms with Crippen LogP contribution in [-0.4, -0.2) is 47.5 Å². The molecule has 0 bridgehead atoms. The first-order valence-electron chi connectivity index (χ1n) is 7.37. The highest BCUT2D eigenvalue weighted by Crippen LogP contribution is 2.24. The number of likely N-dealkylation sites (tertiary alicyclic amines) is 1. The number of nitrogens with zero attached hydrogens (tertiary/aromatic N) is 1. The number of amides is 2. The third kappa shape index (κ3) is 4.63. The van der Waals surface area contributed by atoms with Gasteiger partial charge in [-0.3, -0.25) is 9.59 Å². The number of piperidine rings is 1. The van der Waals surface area contributed by atoms with Gasteiger partial charge in [-0.25, -0.2) is 0 Å². The molecule has 1 aliphatic heterocycles. The predicted molar refractivity (Wildman–Crippen MR) is 87.6 cm³/mol. The standard InChI is InChI=1S/C16H20N4O3/c1-2-16(23)20-7-5-12(6-8-20)18-10-15(22)19-13-9-11(17)3-4-14(13)21/h1,3-4,9,12,18,21H,5-8,10,17H2,(H,19,22). The third-order valence-corrected chi connectivity index (χ3v) is 3.75. The summed E-state index contributed by atoms with van der Waals surface area (Å²) in [7, 11) is 0. The summed E-state index contributed by atoms with van der Waals surface area (Å²) in [6.45, 7) is 1.28. The van der Waals surface area contributed by atoms with E-state index in [4.69, 9.17) is 12.2 Å². The number of hydrogen-bond acceptors (Lipinski definition) is 5. The monoisotopic (exact) mass is 316 g/mol. The molecular weight excluding hydrogens is 296 g/mol. The zero-order valence-corrected chi connectivity index (χ0v) is 12.7. The molecule has 1 aromatic carbocycles. The van der Waals surface area contributed by atoms with E-state index in [1.165, 1.54) is 12.1 Å². The van der Waals surface area contributed by atoms with Gasteiger partial charge >= 0.3 is 0 Å².